The fourth-order valence-corrected chi connectivity index (χ4v) is 3.58. The van der Waals surface area contributed by atoms with Crippen LogP contribution in [0.25, 0.3) is 10.8 Å². The number of pyridine rings is 1. The van der Waals surface area contributed by atoms with Crippen molar-refractivity contribution in [3.63, 3.8) is 0 Å². The molecule has 0 aliphatic carbocycles. The Morgan fingerprint density at radius 2 is 2.17 bits per heavy atom. The Balaban J connectivity index is 1.82. The third-order valence-corrected chi connectivity index (χ3v) is 4.80. The lowest BCUT2D eigenvalue weighted by atomic mass is 9.80. The molecular formula is C19H24N2O2. The third kappa shape index (κ3) is 3.88. The number of hydrogen-bond acceptors (Lipinski definition) is 3. The molecule has 1 fully saturated rings. The Hall–Kier alpha value is -1.94. The van der Waals surface area contributed by atoms with Crippen molar-refractivity contribution in [2.45, 2.75) is 45.7 Å². The van der Waals surface area contributed by atoms with Gasteiger partial charge in [-0.25, -0.2) is 0 Å². The van der Waals surface area contributed by atoms with Gasteiger partial charge in [-0.2, -0.15) is 0 Å². The highest BCUT2D eigenvalue weighted by Crippen LogP contribution is 2.34. The number of aliphatic carboxylic acids is 1. The molecule has 2 aromatic rings. The third-order valence-electron chi connectivity index (χ3n) is 4.80. The van der Waals surface area contributed by atoms with E-state index in [0.29, 0.717) is 0 Å². The molecule has 3 rings (SSSR count). The standard InChI is InChI=1S/C19H24N2O2/c1-19(2)7-5-17(10-18(22)23)21(13-19)12-14-3-4-16-11-20-8-6-15(16)9-14/h3-4,6,8-9,11,17H,5,7,10,12-13H2,1-2H3,(H,22,23). The van der Waals surface area contributed by atoms with Crippen LogP contribution in [0.3, 0.4) is 0 Å². The first-order valence-electron chi connectivity index (χ1n) is 8.21. The minimum absolute atomic E-state index is 0.133. The van der Waals surface area contributed by atoms with E-state index in [-0.39, 0.29) is 17.9 Å². The first-order chi connectivity index (χ1) is 10.9. The number of rotatable bonds is 4. The van der Waals surface area contributed by atoms with Crippen LogP contribution in [0.4, 0.5) is 0 Å². The molecule has 0 spiro atoms. The zero-order valence-corrected chi connectivity index (χ0v) is 13.8. The van der Waals surface area contributed by atoms with Crippen LogP contribution in [-0.4, -0.2) is 33.5 Å². The summed E-state index contributed by atoms with van der Waals surface area (Å²) in [4.78, 5) is 17.7. The minimum atomic E-state index is -0.704. The maximum Gasteiger partial charge on any atom is 0.304 e. The number of nitrogens with zero attached hydrogens (tertiary/aromatic N) is 2. The maximum absolute atomic E-state index is 11.2. The molecule has 122 valence electrons. The Bertz CT molecular complexity index is 711. The van der Waals surface area contributed by atoms with Gasteiger partial charge in [-0.1, -0.05) is 26.0 Å². The van der Waals surface area contributed by atoms with Gasteiger partial charge in [0.2, 0.25) is 0 Å². The van der Waals surface area contributed by atoms with Gasteiger partial charge in [0.25, 0.3) is 0 Å². The highest BCUT2D eigenvalue weighted by molar-refractivity contribution is 5.82. The largest absolute Gasteiger partial charge is 0.481 e. The number of benzene rings is 1. The summed E-state index contributed by atoms with van der Waals surface area (Å²) in [5, 5.41) is 11.5. The second-order valence-corrected chi connectivity index (χ2v) is 7.42. The van der Waals surface area contributed by atoms with Crippen LogP contribution >= 0.6 is 0 Å². The molecule has 1 saturated heterocycles. The fraction of sp³-hybridized carbons (Fsp3) is 0.474. The molecule has 0 amide bonds. The number of carbonyl (C=O) groups is 1. The molecule has 4 heteroatoms. The summed E-state index contributed by atoms with van der Waals surface area (Å²) < 4.78 is 0. The van der Waals surface area contributed by atoms with Crippen molar-refractivity contribution in [1.29, 1.82) is 0 Å². The Kier molecular flexibility index (Phi) is 4.35. The minimum Gasteiger partial charge on any atom is -0.481 e. The Labute approximate surface area is 137 Å². The van der Waals surface area contributed by atoms with E-state index in [2.05, 4.69) is 41.9 Å². The average Bonchev–Trinajstić information content (AvgIpc) is 2.49. The molecule has 0 saturated carbocycles. The summed E-state index contributed by atoms with van der Waals surface area (Å²) in [6.45, 7) is 6.28. The molecular weight excluding hydrogens is 288 g/mol. The smallest absolute Gasteiger partial charge is 0.304 e. The summed E-state index contributed by atoms with van der Waals surface area (Å²) in [5.41, 5.74) is 1.48. The molecule has 1 aliphatic rings. The first-order valence-corrected chi connectivity index (χ1v) is 8.21. The van der Waals surface area contributed by atoms with Gasteiger partial charge in [0.1, 0.15) is 0 Å². The topological polar surface area (TPSA) is 53.4 Å². The van der Waals surface area contributed by atoms with Gasteiger partial charge in [-0.05, 0) is 41.3 Å². The zero-order valence-electron chi connectivity index (χ0n) is 13.8. The van der Waals surface area contributed by atoms with Crippen LogP contribution in [0.5, 0.6) is 0 Å². The van der Waals surface area contributed by atoms with Crippen LogP contribution < -0.4 is 0 Å². The Morgan fingerprint density at radius 3 is 2.96 bits per heavy atom. The van der Waals surface area contributed by atoms with Gasteiger partial charge in [0, 0.05) is 36.9 Å². The number of likely N-dealkylation sites (tertiary alicyclic amines) is 1. The average molecular weight is 312 g/mol. The summed E-state index contributed by atoms with van der Waals surface area (Å²) in [5.74, 6) is -0.704. The van der Waals surface area contributed by atoms with Gasteiger partial charge in [0.15, 0.2) is 0 Å². The summed E-state index contributed by atoms with van der Waals surface area (Å²) in [7, 11) is 0. The second-order valence-electron chi connectivity index (χ2n) is 7.42. The number of aromatic nitrogens is 1. The number of carboxylic acid groups (broad SMARTS) is 1. The van der Waals surface area contributed by atoms with Crippen molar-refractivity contribution in [1.82, 2.24) is 9.88 Å². The molecule has 0 bridgehead atoms. The molecule has 2 heterocycles. The van der Waals surface area contributed by atoms with Crippen LogP contribution in [-0.2, 0) is 11.3 Å². The number of hydrogen-bond donors (Lipinski definition) is 1. The molecule has 0 radical (unpaired) electrons. The fourth-order valence-electron chi connectivity index (χ4n) is 3.58. The molecule has 23 heavy (non-hydrogen) atoms. The number of piperidine rings is 1. The maximum atomic E-state index is 11.2. The van der Waals surface area contributed by atoms with E-state index in [9.17, 15) is 9.90 Å². The lowest BCUT2D eigenvalue weighted by Crippen LogP contribution is -2.47. The van der Waals surface area contributed by atoms with Crippen molar-refractivity contribution in [3.05, 3.63) is 42.2 Å². The number of fused-ring (bicyclic) bond motifs is 1. The quantitative estimate of drug-likeness (QED) is 0.935. The van der Waals surface area contributed by atoms with E-state index >= 15 is 0 Å². The van der Waals surface area contributed by atoms with Gasteiger partial charge < -0.3 is 5.11 Å². The number of carboxylic acids is 1. The van der Waals surface area contributed by atoms with Crippen molar-refractivity contribution < 1.29 is 9.90 Å². The molecule has 1 unspecified atom stereocenters. The molecule has 1 aromatic carbocycles. The molecule has 1 atom stereocenters. The monoisotopic (exact) mass is 312 g/mol. The predicted molar refractivity (Wildman–Crippen MR) is 91.2 cm³/mol. The highest BCUT2D eigenvalue weighted by atomic mass is 16.4. The van der Waals surface area contributed by atoms with Crippen LogP contribution in [0.15, 0.2) is 36.7 Å². The zero-order chi connectivity index (χ0) is 16.4. The first kappa shape index (κ1) is 15.9. The summed E-state index contributed by atoms with van der Waals surface area (Å²) >= 11 is 0. The molecule has 1 N–H and O–H groups in total. The van der Waals surface area contributed by atoms with E-state index < -0.39 is 5.97 Å². The summed E-state index contributed by atoms with van der Waals surface area (Å²) in [6, 6.07) is 8.57. The Morgan fingerprint density at radius 1 is 1.35 bits per heavy atom. The lowest BCUT2D eigenvalue weighted by Gasteiger charge is -2.43. The van der Waals surface area contributed by atoms with E-state index in [1.54, 1.807) is 0 Å². The van der Waals surface area contributed by atoms with E-state index in [0.717, 1.165) is 31.3 Å². The van der Waals surface area contributed by atoms with E-state index in [1.807, 2.05) is 18.5 Å². The van der Waals surface area contributed by atoms with Gasteiger partial charge in [-0.15, -0.1) is 0 Å². The van der Waals surface area contributed by atoms with E-state index in [1.165, 1.54) is 10.9 Å². The molecule has 1 aliphatic heterocycles. The normalized spacial score (nSPS) is 21.4. The molecule has 1 aromatic heterocycles. The van der Waals surface area contributed by atoms with Gasteiger partial charge >= 0.3 is 5.97 Å². The SMILES string of the molecule is CC1(C)CCC(CC(=O)O)N(Cc2ccc3cnccc3c2)C1. The van der Waals surface area contributed by atoms with Crippen LogP contribution in [0, 0.1) is 5.41 Å². The molecule has 4 nitrogen and oxygen atoms in total. The van der Waals surface area contributed by atoms with Gasteiger partial charge in [0.05, 0.1) is 6.42 Å². The van der Waals surface area contributed by atoms with Crippen LogP contribution in [0.1, 0.15) is 38.7 Å². The van der Waals surface area contributed by atoms with Crippen molar-refractivity contribution in [2.24, 2.45) is 5.41 Å². The van der Waals surface area contributed by atoms with E-state index in [4.69, 9.17) is 0 Å². The van der Waals surface area contributed by atoms with Crippen LogP contribution in [0.2, 0.25) is 0 Å². The lowest BCUT2D eigenvalue weighted by molar-refractivity contribution is -0.139. The highest BCUT2D eigenvalue weighted by Gasteiger charge is 2.33. The van der Waals surface area contributed by atoms with Crippen molar-refractivity contribution >= 4 is 16.7 Å². The second kappa shape index (κ2) is 6.28. The van der Waals surface area contributed by atoms with Gasteiger partial charge in [-0.3, -0.25) is 14.7 Å². The van der Waals surface area contributed by atoms with Crippen molar-refractivity contribution in [2.75, 3.05) is 6.54 Å². The predicted octanol–water partition coefficient (Wildman–Crippen LogP) is 3.70. The van der Waals surface area contributed by atoms with Crippen molar-refractivity contribution in [3.8, 4) is 0 Å². The summed E-state index contributed by atoms with van der Waals surface area (Å²) in [6.07, 6.45) is 5.95.